The first-order valence-electron chi connectivity index (χ1n) is 7.28. The molecule has 1 saturated carbocycles. The summed E-state index contributed by atoms with van der Waals surface area (Å²) in [6.07, 6.45) is 3.66. The van der Waals surface area contributed by atoms with Crippen LogP contribution in [-0.4, -0.2) is 49.6 Å². The average molecular weight is 253 g/mol. The van der Waals surface area contributed by atoms with Crippen molar-refractivity contribution in [1.29, 1.82) is 0 Å². The molecule has 1 aliphatic carbocycles. The third kappa shape index (κ3) is 3.69. The summed E-state index contributed by atoms with van der Waals surface area (Å²) in [6.45, 7) is 7.06. The lowest BCUT2D eigenvalue weighted by molar-refractivity contribution is -0.126. The van der Waals surface area contributed by atoms with Crippen molar-refractivity contribution < 1.29 is 4.79 Å². The predicted octanol–water partition coefficient (Wildman–Crippen LogP) is 0.831. The van der Waals surface area contributed by atoms with Crippen molar-refractivity contribution in [3.8, 4) is 0 Å². The fourth-order valence-electron chi connectivity index (χ4n) is 2.73. The fourth-order valence-corrected chi connectivity index (χ4v) is 2.73. The molecule has 3 unspecified atom stereocenters. The third-order valence-corrected chi connectivity index (χ3v) is 4.33. The van der Waals surface area contributed by atoms with E-state index in [1.54, 1.807) is 0 Å². The normalized spacial score (nSPS) is 30.2. The van der Waals surface area contributed by atoms with Gasteiger partial charge in [-0.05, 0) is 45.7 Å². The highest BCUT2D eigenvalue weighted by Crippen LogP contribution is 2.26. The van der Waals surface area contributed by atoms with Crippen LogP contribution in [0.4, 0.5) is 0 Å². The van der Waals surface area contributed by atoms with Crippen LogP contribution in [0.15, 0.2) is 0 Å². The zero-order chi connectivity index (χ0) is 13.1. The number of nitrogens with zero attached hydrogens (tertiary/aromatic N) is 1. The molecule has 1 saturated heterocycles. The Balaban J connectivity index is 1.70. The van der Waals surface area contributed by atoms with E-state index in [0.29, 0.717) is 12.0 Å². The number of carbonyl (C=O) groups excluding carboxylic acids is 1. The second-order valence-electron chi connectivity index (χ2n) is 6.19. The van der Waals surface area contributed by atoms with E-state index >= 15 is 0 Å². The molecule has 2 N–H and O–H groups in total. The zero-order valence-corrected chi connectivity index (χ0v) is 11.9. The lowest BCUT2D eigenvalue weighted by Gasteiger charge is -2.29. The SMILES string of the molecule is CC1CNCC(C(=O)NCC(C)N(C)C2CC2)C1. The summed E-state index contributed by atoms with van der Waals surface area (Å²) in [7, 11) is 2.17. The Labute approximate surface area is 110 Å². The summed E-state index contributed by atoms with van der Waals surface area (Å²) >= 11 is 0. The molecule has 3 atom stereocenters. The monoisotopic (exact) mass is 253 g/mol. The number of hydrogen-bond acceptors (Lipinski definition) is 3. The van der Waals surface area contributed by atoms with Gasteiger partial charge in [-0.1, -0.05) is 6.92 Å². The summed E-state index contributed by atoms with van der Waals surface area (Å²) in [4.78, 5) is 14.5. The molecular weight excluding hydrogens is 226 g/mol. The van der Waals surface area contributed by atoms with Gasteiger partial charge >= 0.3 is 0 Å². The Kier molecular flexibility index (Phi) is 4.62. The molecule has 1 aliphatic heterocycles. The zero-order valence-electron chi connectivity index (χ0n) is 11.9. The number of carbonyl (C=O) groups is 1. The van der Waals surface area contributed by atoms with Crippen LogP contribution in [-0.2, 0) is 4.79 Å². The van der Waals surface area contributed by atoms with Crippen LogP contribution in [0.3, 0.4) is 0 Å². The van der Waals surface area contributed by atoms with Crippen molar-refractivity contribution in [2.75, 3.05) is 26.7 Å². The van der Waals surface area contributed by atoms with Crippen LogP contribution in [0.1, 0.15) is 33.1 Å². The number of hydrogen-bond donors (Lipinski definition) is 2. The maximum Gasteiger partial charge on any atom is 0.224 e. The minimum absolute atomic E-state index is 0.159. The van der Waals surface area contributed by atoms with Crippen molar-refractivity contribution in [2.45, 2.75) is 45.2 Å². The fraction of sp³-hybridized carbons (Fsp3) is 0.929. The molecule has 0 bridgehead atoms. The number of likely N-dealkylation sites (N-methyl/N-ethyl adjacent to an activating group) is 1. The topological polar surface area (TPSA) is 44.4 Å². The van der Waals surface area contributed by atoms with Crippen LogP contribution in [0.25, 0.3) is 0 Å². The summed E-state index contributed by atoms with van der Waals surface area (Å²) < 4.78 is 0. The van der Waals surface area contributed by atoms with Gasteiger partial charge in [0.2, 0.25) is 5.91 Å². The molecule has 1 amide bonds. The van der Waals surface area contributed by atoms with Crippen LogP contribution >= 0.6 is 0 Å². The van der Waals surface area contributed by atoms with Crippen molar-refractivity contribution >= 4 is 5.91 Å². The summed E-state index contributed by atoms with van der Waals surface area (Å²) in [5.41, 5.74) is 0. The number of amides is 1. The lowest BCUT2D eigenvalue weighted by atomic mass is 9.91. The van der Waals surface area contributed by atoms with E-state index in [0.717, 1.165) is 32.1 Å². The summed E-state index contributed by atoms with van der Waals surface area (Å²) in [5, 5.41) is 6.45. The van der Waals surface area contributed by atoms with E-state index in [9.17, 15) is 4.79 Å². The molecule has 18 heavy (non-hydrogen) atoms. The second-order valence-corrected chi connectivity index (χ2v) is 6.19. The van der Waals surface area contributed by atoms with Crippen LogP contribution in [0, 0.1) is 11.8 Å². The minimum Gasteiger partial charge on any atom is -0.354 e. The van der Waals surface area contributed by atoms with Gasteiger partial charge in [-0.3, -0.25) is 9.69 Å². The van der Waals surface area contributed by atoms with Crippen LogP contribution < -0.4 is 10.6 Å². The first kappa shape index (κ1) is 13.8. The molecule has 0 aromatic carbocycles. The van der Waals surface area contributed by atoms with Gasteiger partial charge < -0.3 is 10.6 Å². The Morgan fingerprint density at radius 2 is 2.17 bits per heavy atom. The summed E-state index contributed by atoms with van der Waals surface area (Å²) in [6, 6.07) is 1.20. The lowest BCUT2D eigenvalue weighted by Crippen LogP contribution is -2.47. The van der Waals surface area contributed by atoms with Gasteiger partial charge in [0, 0.05) is 25.2 Å². The van der Waals surface area contributed by atoms with Gasteiger partial charge in [0.05, 0.1) is 5.92 Å². The highest BCUT2D eigenvalue weighted by atomic mass is 16.1. The number of piperidine rings is 1. The molecule has 0 radical (unpaired) electrons. The largest absolute Gasteiger partial charge is 0.354 e. The molecule has 2 fully saturated rings. The third-order valence-electron chi connectivity index (χ3n) is 4.33. The minimum atomic E-state index is 0.159. The second kappa shape index (κ2) is 6.02. The smallest absolute Gasteiger partial charge is 0.224 e. The van der Waals surface area contributed by atoms with Crippen LogP contribution in [0.5, 0.6) is 0 Å². The quantitative estimate of drug-likeness (QED) is 0.763. The van der Waals surface area contributed by atoms with Gasteiger partial charge in [-0.2, -0.15) is 0 Å². The summed E-state index contributed by atoms with van der Waals surface area (Å²) in [5.74, 6) is 0.998. The standard InChI is InChI=1S/C14H27N3O/c1-10-6-12(9-15-7-10)14(18)16-8-11(2)17(3)13-4-5-13/h10-13,15H,4-9H2,1-3H3,(H,16,18). The van der Waals surface area contributed by atoms with Gasteiger partial charge in [0.15, 0.2) is 0 Å². The van der Waals surface area contributed by atoms with Gasteiger partial charge in [-0.15, -0.1) is 0 Å². The first-order chi connectivity index (χ1) is 8.58. The maximum absolute atomic E-state index is 12.1. The average Bonchev–Trinajstić information content (AvgIpc) is 3.18. The highest BCUT2D eigenvalue weighted by Gasteiger charge is 2.30. The van der Waals surface area contributed by atoms with Crippen LogP contribution in [0.2, 0.25) is 0 Å². The van der Waals surface area contributed by atoms with E-state index in [4.69, 9.17) is 0 Å². The molecule has 1 heterocycles. The number of rotatable bonds is 5. The van der Waals surface area contributed by atoms with E-state index < -0.39 is 0 Å². The Hall–Kier alpha value is -0.610. The van der Waals surface area contributed by atoms with Gasteiger partial charge in [-0.25, -0.2) is 0 Å². The maximum atomic E-state index is 12.1. The van der Waals surface area contributed by atoms with E-state index in [-0.39, 0.29) is 11.8 Å². The molecule has 4 heteroatoms. The van der Waals surface area contributed by atoms with Crippen molar-refractivity contribution in [3.63, 3.8) is 0 Å². The highest BCUT2D eigenvalue weighted by molar-refractivity contribution is 5.79. The van der Waals surface area contributed by atoms with E-state index in [1.165, 1.54) is 12.8 Å². The van der Waals surface area contributed by atoms with Crippen molar-refractivity contribution in [1.82, 2.24) is 15.5 Å². The number of nitrogens with one attached hydrogen (secondary N) is 2. The van der Waals surface area contributed by atoms with E-state index in [1.807, 2.05) is 0 Å². The molecule has 0 aromatic heterocycles. The molecule has 2 aliphatic rings. The van der Waals surface area contributed by atoms with Gasteiger partial charge in [0.1, 0.15) is 0 Å². The molecule has 0 spiro atoms. The Morgan fingerprint density at radius 1 is 1.44 bits per heavy atom. The van der Waals surface area contributed by atoms with Gasteiger partial charge in [0.25, 0.3) is 0 Å². The Bertz CT molecular complexity index is 291. The first-order valence-corrected chi connectivity index (χ1v) is 7.28. The van der Waals surface area contributed by atoms with Crippen molar-refractivity contribution in [2.24, 2.45) is 11.8 Å². The van der Waals surface area contributed by atoms with E-state index in [2.05, 4.69) is 36.4 Å². The Morgan fingerprint density at radius 3 is 2.78 bits per heavy atom. The predicted molar refractivity (Wildman–Crippen MR) is 73.4 cm³/mol. The molecule has 4 nitrogen and oxygen atoms in total. The van der Waals surface area contributed by atoms with Crippen molar-refractivity contribution in [3.05, 3.63) is 0 Å². The molecule has 0 aromatic rings. The molecule has 104 valence electrons. The molecule has 2 rings (SSSR count). The molecular formula is C14H27N3O.